The van der Waals surface area contributed by atoms with Gasteiger partial charge in [-0.05, 0) is 52.1 Å². The minimum atomic E-state index is -0.606. The van der Waals surface area contributed by atoms with Crippen LogP contribution in [0, 0.1) is 5.41 Å². The Morgan fingerprint density at radius 3 is 2.61 bits per heavy atom. The van der Waals surface area contributed by atoms with Gasteiger partial charge in [-0.2, -0.15) is 0 Å². The maximum atomic E-state index is 11.4. The summed E-state index contributed by atoms with van der Waals surface area (Å²) < 4.78 is 5.58. The normalized spacial score (nSPS) is 33.2. The summed E-state index contributed by atoms with van der Waals surface area (Å²) in [5, 5.41) is 9.39. The fourth-order valence-corrected chi connectivity index (χ4v) is 3.34. The first-order valence-corrected chi connectivity index (χ1v) is 7.16. The van der Waals surface area contributed by atoms with E-state index in [1.54, 1.807) is 0 Å². The van der Waals surface area contributed by atoms with Gasteiger partial charge in [-0.3, -0.25) is 4.79 Å². The lowest BCUT2D eigenvalue weighted by Crippen LogP contribution is -2.50. The van der Waals surface area contributed by atoms with E-state index in [0.717, 1.165) is 51.8 Å². The molecule has 18 heavy (non-hydrogen) atoms. The summed E-state index contributed by atoms with van der Waals surface area (Å²) in [7, 11) is 0. The zero-order valence-corrected chi connectivity index (χ0v) is 11.5. The number of aliphatic carboxylic acids is 1. The Balaban J connectivity index is 1.91. The van der Waals surface area contributed by atoms with Crippen molar-refractivity contribution in [2.45, 2.75) is 58.1 Å². The van der Waals surface area contributed by atoms with Gasteiger partial charge in [-0.15, -0.1) is 0 Å². The third kappa shape index (κ3) is 2.69. The van der Waals surface area contributed by atoms with Crippen LogP contribution in [0.3, 0.4) is 0 Å². The molecule has 2 aliphatic heterocycles. The van der Waals surface area contributed by atoms with Gasteiger partial charge in [0.25, 0.3) is 0 Å². The van der Waals surface area contributed by atoms with E-state index in [2.05, 4.69) is 11.8 Å². The van der Waals surface area contributed by atoms with Crippen molar-refractivity contribution in [3.8, 4) is 0 Å². The fourth-order valence-electron chi connectivity index (χ4n) is 3.34. The summed E-state index contributed by atoms with van der Waals surface area (Å²) in [6.07, 6.45) is 4.87. The van der Waals surface area contributed by atoms with E-state index >= 15 is 0 Å². The van der Waals surface area contributed by atoms with Crippen LogP contribution in [0.5, 0.6) is 0 Å². The molecule has 2 saturated heterocycles. The highest BCUT2D eigenvalue weighted by Gasteiger charge is 2.41. The molecule has 0 amide bonds. The Kier molecular flexibility index (Phi) is 4.28. The van der Waals surface area contributed by atoms with Crippen molar-refractivity contribution in [1.29, 1.82) is 0 Å². The van der Waals surface area contributed by atoms with Crippen molar-refractivity contribution >= 4 is 5.97 Å². The maximum Gasteiger partial charge on any atom is 0.309 e. The lowest BCUT2D eigenvalue weighted by Gasteiger charge is -2.43. The number of nitrogens with zero attached hydrogens (tertiary/aromatic N) is 1. The molecule has 2 atom stereocenters. The van der Waals surface area contributed by atoms with Crippen molar-refractivity contribution in [2.24, 2.45) is 5.41 Å². The minimum Gasteiger partial charge on any atom is -0.481 e. The Labute approximate surface area is 109 Å². The first kappa shape index (κ1) is 13.8. The van der Waals surface area contributed by atoms with Crippen molar-refractivity contribution in [3.63, 3.8) is 0 Å². The van der Waals surface area contributed by atoms with Crippen LogP contribution in [0.15, 0.2) is 0 Å². The van der Waals surface area contributed by atoms with Crippen LogP contribution in [0.25, 0.3) is 0 Å². The lowest BCUT2D eigenvalue weighted by atomic mass is 9.75. The van der Waals surface area contributed by atoms with Gasteiger partial charge in [-0.25, -0.2) is 0 Å². The van der Waals surface area contributed by atoms with Crippen LogP contribution in [0.2, 0.25) is 0 Å². The monoisotopic (exact) mass is 255 g/mol. The van der Waals surface area contributed by atoms with E-state index in [4.69, 9.17) is 4.74 Å². The van der Waals surface area contributed by atoms with Gasteiger partial charge < -0.3 is 14.7 Å². The molecule has 1 N–H and O–H groups in total. The van der Waals surface area contributed by atoms with Gasteiger partial charge in [0.2, 0.25) is 0 Å². The van der Waals surface area contributed by atoms with E-state index in [-0.39, 0.29) is 0 Å². The summed E-state index contributed by atoms with van der Waals surface area (Å²) in [5.41, 5.74) is -0.465. The minimum absolute atomic E-state index is 0.348. The molecule has 0 bridgehead atoms. The second-order valence-corrected chi connectivity index (χ2v) is 5.83. The van der Waals surface area contributed by atoms with Gasteiger partial charge in [0.1, 0.15) is 0 Å². The zero-order valence-electron chi connectivity index (χ0n) is 11.5. The van der Waals surface area contributed by atoms with E-state index in [0.29, 0.717) is 12.1 Å². The van der Waals surface area contributed by atoms with Crippen molar-refractivity contribution in [2.75, 3.05) is 19.7 Å². The number of carboxylic acids is 1. The third-order valence-corrected chi connectivity index (χ3v) is 4.86. The number of carbonyl (C=O) groups is 1. The lowest BCUT2D eigenvalue weighted by molar-refractivity contribution is -0.153. The molecule has 2 aliphatic rings. The molecule has 2 rings (SSSR count). The topological polar surface area (TPSA) is 49.8 Å². The number of rotatable bonds is 3. The zero-order chi connectivity index (χ0) is 13.2. The molecule has 104 valence electrons. The Bertz CT molecular complexity index is 297. The summed E-state index contributed by atoms with van der Waals surface area (Å²) in [6.45, 7) is 6.83. The number of carboxylic acid groups (broad SMARTS) is 1. The quantitative estimate of drug-likeness (QED) is 0.839. The molecular weight excluding hydrogens is 230 g/mol. The molecule has 0 aromatic carbocycles. The number of piperidine rings is 1. The van der Waals surface area contributed by atoms with E-state index in [1.165, 1.54) is 0 Å². The van der Waals surface area contributed by atoms with E-state index in [1.807, 2.05) is 6.92 Å². The van der Waals surface area contributed by atoms with Gasteiger partial charge in [0.15, 0.2) is 0 Å². The van der Waals surface area contributed by atoms with Crippen LogP contribution in [0.1, 0.15) is 46.0 Å². The van der Waals surface area contributed by atoms with Gasteiger partial charge in [-0.1, -0.05) is 6.92 Å². The molecule has 2 unspecified atom stereocenters. The molecular formula is C14H25NO3. The first-order chi connectivity index (χ1) is 8.57. The fraction of sp³-hybridized carbons (Fsp3) is 0.929. The standard InChI is InChI=1S/C14H25NO3/c1-3-14(13(16)17)5-7-15(8-6-14)12-4-9-18-11(2)10-12/h11-12H,3-10H2,1-2H3,(H,16,17). The highest BCUT2D eigenvalue weighted by Crippen LogP contribution is 2.36. The SMILES string of the molecule is CCC1(C(=O)O)CCN(C2CCOC(C)C2)CC1. The van der Waals surface area contributed by atoms with Crippen molar-refractivity contribution in [3.05, 3.63) is 0 Å². The summed E-state index contributed by atoms with van der Waals surface area (Å²) in [5.74, 6) is -0.606. The highest BCUT2D eigenvalue weighted by molar-refractivity contribution is 5.74. The Morgan fingerprint density at radius 2 is 2.11 bits per heavy atom. The van der Waals surface area contributed by atoms with E-state index < -0.39 is 11.4 Å². The smallest absolute Gasteiger partial charge is 0.309 e. The predicted octanol–water partition coefficient (Wildman–Crippen LogP) is 2.13. The number of likely N-dealkylation sites (tertiary alicyclic amines) is 1. The molecule has 4 nitrogen and oxygen atoms in total. The molecule has 0 aromatic rings. The van der Waals surface area contributed by atoms with Gasteiger partial charge in [0, 0.05) is 12.6 Å². The average molecular weight is 255 g/mol. The van der Waals surface area contributed by atoms with Crippen molar-refractivity contribution < 1.29 is 14.6 Å². The molecule has 0 aromatic heterocycles. The summed E-state index contributed by atoms with van der Waals surface area (Å²) >= 11 is 0. The second-order valence-electron chi connectivity index (χ2n) is 5.83. The van der Waals surface area contributed by atoms with Gasteiger partial charge in [0.05, 0.1) is 11.5 Å². The molecule has 4 heteroatoms. The van der Waals surface area contributed by atoms with Crippen LogP contribution < -0.4 is 0 Å². The largest absolute Gasteiger partial charge is 0.481 e. The van der Waals surface area contributed by atoms with Crippen LogP contribution >= 0.6 is 0 Å². The molecule has 0 spiro atoms. The van der Waals surface area contributed by atoms with Gasteiger partial charge >= 0.3 is 5.97 Å². The summed E-state index contributed by atoms with van der Waals surface area (Å²) in [6, 6.07) is 0.595. The predicted molar refractivity (Wildman–Crippen MR) is 69.6 cm³/mol. The number of hydrogen-bond donors (Lipinski definition) is 1. The van der Waals surface area contributed by atoms with Crippen molar-refractivity contribution in [1.82, 2.24) is 4.90 Å². The molecule has 2 heterocycles. The van der Waals surface area contributed by atoms with Crippen LogP contribution in [0.4, 0.5) is 0 Å². The Morgan fingerprint density at radius 1 is 1.44 bits per heavy atom. The van der Waals surface area contributed by atoms with Crippen LogP contribution in [-0.2, 0) is 9.53 Å². The maximum absolute atomic E-state index is 11.4. The Hall–Kier alpha value is -0.610. The van der Waals surface area contributed by atoms with E-state index in [9.17, 15) is 9.90 Å². The molecule has 0 radical (unpaired) electrons. The average Bonchev–Trinajstić information content (AvgIpc) is 2.38. The second kappa shape index (κ2) is 5.57. The number of ether oxygens (including phenoxy) is 1. The summed E-state index contributed by atoms with van der Waals surface area (Å²) in [4.78, 5) is 13.9. The highest BCUT2D eigenvalue weighted by atomic mass is 16.5. The molecule has 2 fully saturated rings. The first-order valence-electron chi connectivity index (χ1n) is 7.16. The molecule has 0 aliphatic carbocycles. The third-order valence-electron chi connectivity index (χ3n) is 4.86. The molecule has 0 saturated carbocycles. The number of hydrogen-bond acceptors (Lipinski definition) is 3. The van der Waals surface area contributed by atoms with Crippen LogP contribution in [-0.4, -0.2) is 47.8 Å².